The van der Waals surface area contributed by atoms with E-state index < -0.39 is 0 Å². The molecule has 0 aliphatic carbocycles. The molecule has 0 fully saturated rings. The van der Waals surface area contributed by atoms with E-state index in [-0.39, 0.29) is 28.5 Å². The third-order valence-electron chi connectivity index (χ3n) is 6.17. The number of benzene rings is 2. The summed E-state index contributed by atoms with van der Waals surface area (Å²) < 4.78 is 19.4. The molecule has 3 aromatic rings. The Balaban J connectivity index is 2.52. The van der Waals surface area contributed by atoms with Gasteiger partial charge in [0.25, 0.3) is 0 Å². The second kappa shape index (κ2) is 7.22. The number of hydrogen-bond acceptors (Lipinski definition) is 0. The maximum atomic E-state index is 8.74. The van der Waals surface area contributed by atoms with Crippen LogP contribution in [0, 0.1) is 6.92 Å². The summed E-state index contributed by atoms with van der Waals surface area (Å²) in [6.07, 6.45) is 0.247. The molecule has 160 valence electrons. The summed E-state index contributed by atoms with van der Waals surface area (Å²) in [6, 6.07) is 11.4. The van der Waals surface area contributed by atoms with Crippen LogP contribution in [0.1, 0.15) is 87.3 Å². The van der Waals surface area contributed by atoms with Crippen molar-refractivity contribution < 1.29 is 7.31 Å². The standard InChI is InChI=1S/C29H40N/c1-19-24(17-22(28(5,6)7)18-25(19)29(8,9)10)26-23-13-12-21(27(2,3)4)16-20(23)14-15-30(26)11/h12-18H,1-11H3/q+1/i14D,15D. The van der Waals surface area contributed by atoms with E-state index in [9.17, 15) is 0 Å². The van der Waals surface area contributed by atoms with Crippen LogP contribution in [0.15, 0.2) is 42.5 Å². The predicted octanol–water partition coefficient (Wildman–Crippen LogP) is 7.53. The first kappa shape index (κ1) is 19.8. The van der Waals surface area contributed by atoms with Crippen LogP contribution in [-0.4, -0.2) is 0 Å². The van der Waals surface area contributed by atoms with Gasteiger partial charge in [0.2, 0.25) is 5.69 Å². The second-order valence-electron chi connectivity index (χ2n) is 11.9. The Morgan fingerprint density at radius 3 is 1.90 bits per heavy atom. The lowest BCUT2D eigenvalue weighted by Gasteiger charge is -2.28. The van der Waals surface area contributed by atoms with Crippen LogP contribution in [0.5, 0.6) is 0 Å². The van der Waals surface area contributed by atoms with Gasteiger partial charge in [0.05, 0.1) is 12.3 Å². The molecule has 0 aliphatic rings. The van der Waals surface area contributed by atoms with Crippen molar-refractivity contribution in [3.63, 3.8) is 0 Å². The summed E-state index contributed by atoms with van der Waals surface area (Å²) >= 11 is 0. The Morgan fingerprint density at radius 1 is 0.767 bits per heavy atom. The molecule has 0 saturated carbocycles. The van der Waals surface area contributed by atoms with E-state index in [0.29, 0.717) is 0 Å². The van der Waals surface area contributed by atoms with E-state index in [0.717, 1.165) is 22.0 Å². The molecule has 3 rings (SSSR count). The van der Waals surface area contributed by atoms with Crippen molar-refractivity contribution in [1.29, 1.82) is 0 Å². The van der Waals surface area contributed by atoms with Crippen LogP contribution in [0.25, 0.3) is 22.0 Å². The van der Waals surface area contributed by atoms with Gasteiger partial charge in [0, 0.05) is 6.04 Å². The van der Waals surface area contributed by atoms with Gasteiger partial charge in [0.1, 0.15) is 8.42 Å². The van der Waals surface area contributed by atoms with Crippen LogP contribution >= 0.6 is 0 Å². The molecule has 0 bridgehead atoms. The number of pyridine rings is 1. The van der Waals surface area contributed by atoms with Gasteiger partial charge in [-0.3, -0.25) is 0 Å². The monoisotopic (exact) mass is 404 g/mol. The molecule has 0 amide bonds. The van der Waals surface area contributed by atoms with Crippen molar-refractivity contribution in [2.75, 3.05) is 0 Å². The summed E-state index contributed by atoms with van der Waals surface area (Å²) in [7, 11) is 1.92. The summed E-state index contributed by atoms with van der Waals surface area (Å²) in [5.41, 5.74) is 7.25. The number of aromatic nitrogens is 1. The zero-order valence-electron chi connectivity index (χ0n) is 22.8. The molecule has 0 radical (unpaired) electrons. The molecular formula is C29H40N+. The SMILES string of the molecule is [2H]c1c([2H])[n+](C)c(-c2cc(C(C)(C)C)cc(C(C)(C)C)c2C)c2ccc(C(C)(C)C)cc12. The quantitative estimate of drug-likeness (QED) is 0.369. The molecule has 0 aliphatic heterocycles. The highest BCUT2D eigenvalue weighted by Crippen LogP contribution is 2.39. The second-order valence-corrected chi connectivity index (χ2v) is 11.9. The van der Waals surface area contributed by atoms with Crippen molar-refractivity contribution >= 4 is 10.8 Å². The third-order valence-corrected chi connectivity index (χ3v) is 6.17. The van der Waals surface area contributed by atoms with Crippen molar-refractivity contribution in [2.24, 2.45) is 7.05 Å². The van der Waals surface area contributed by atoms with E-state index in [4.69, 9.17) is 2.74 Å². The number of hydrogen-bond donors (Lipinski definition) is 0. The van der Waals surface area contributed by atoms with Gasteiger partial charge < -0.3 is 0 Å². The highest BCUT2D eigenvalue weighted by atomic mass is 14.9. The molecule has 2 aromatic carbocycles. The zero-order valence-corrected chi connectivity index (χ0v) is 20.8. The molecule has 0 saturated heterocycles. The van der Waals surface area contributed by atoms with Crippen LogP contribution in [0.4, 0.5) is 0 Å². The molecule has 0 N–H and O–H groups in total. The highest BCUT2D eigenvalue weighted by molar-refractivity contribution is 5.94. The van der Waals surface area contributed by atoms with Gasteiger partial charge >= 0.3 is 0 Å². The van der Waals surface area contributed by atoms with Crippen molar-refractivity contribution in [1.82, 2.24) is 0 Å². The Morgan fingerprint density at radius 2 is 1.37 bits per heavy atom. The summed E-state index contributed by atoms with van der Waals surface area (Å²) in [6.45, 7) is 22.3. The Labute approximate surface area is 187 Å². The van der Waals surface area contributed by atoms with Gasteiger partial charge in [-0.25, -0.2) is 4.57 Å². The fourth-order valence-corrected chi connectivity index (χ4v) is 4.20. The van der Waals surface area contributed by atoms with Crippen LogP contribution in [0.2, 0.25) is 0 Å². The summed E-state index contributed by atoms with van der Waals surface area (Å²) in [4.78, 5) is 0. The topological polar surface area (TPSA) is 3.88 Å². The van der Waals surface area contributed by atoms with Gasteiger partial charge in [-0.05, 0) is 62.9 Å². The van der Waals surface area contributed by atoms with E-state index >= 15 is 0 Å². The normalized spacial score (nSPS) is 14.1. The minimum Gasteiger partial charge on any atom is -0.200 e. The first-order valence-electron chi connectivity index (χ1n) is 12.0. The molecule has 0 atom stereocenters. The van der Waals surface area contributed by atoms with Gasteiger partial charge in [0.15, 0.2) is 6.17 Å². The largest absolute Gasteiger partial charge is 0.220 e. The smallest absolute Gasteiger partial charge is 0.200 e. The number of nitrogens with zero attached hydrogens (tertiary/aromatic N) is 1. The van der Waals surface area contributed by atoms with Crippen molar-refractivity contribution in [3.05, 3.63) is 64.8 Å². The molecule has 30 heavy (non-hydrogen) atoms. The molecular weight excluding hydrogens is 362 g/mol. The van der Waals surface area contributed by atoms with E-state index in [2.05, 4.69) is 99.6 Å². The summed E-state index contributed by atoms with van der Waals surface area (Å²) in [5, 5.41) is 1.89. The molecule has 1 nitrogen and oxygen atoms in total. The Hall–Kier alpha value is -2.15. The van der Waals surface area contributed by atoms with Gasteiger partial charge in [-0.15, -0.1) is 0 Å². The first-order chi connectivity index (χ1) is 14.4. The van der Waals surface area contributed by atoms with Crippen molar-refractivity contribution in [2.45, 2.75) is 85.5 Å². The zero-order chi connectivity index (χ0) is 24.4. The fraction of sp³-hybridized carbons (Fsp3) is 0.483. The number of rotatable bonds is 1. The predicted molar refractivity (Wildman–Crippen MR) is 131 cm³/mol. The van der Waals surface area contributed by atoms with Gasteiger partial charge in [-0.1, -0.05) is 80.5 Å². The van der Waals surface area contributed by atoms with Gasteiger partial charge in [-0.2, -0.15) is 0 Å². The minimum atomic E-state index is -0.0114. The molecule has 0 spiro atoms. The maximum Gasteiger partial charge on any atom is 0.220 e. The maximum absolute atomic E-state index is 8.74. The summed E-state index contributed by atoms with van der Waals surface area (Å²) in [5.74, 6) is 0. The average Bonchev–Trinajstić information content (AvgIpc) is 2.64. The van der Waals surface area contributed by atoms with E-state index in [1.165, 1.54) is 22.3 Å². The Bertz CT molecular complexity index is 1200. The number of fused-ring (bicyclic) bond motifs is 1. The first-order valence-corrected chi connectivity index (χ1v) is 11.0. The molecule has 1 heteroatoms. The molecule has 1 aromatic heterocycles. The van der Waals surface area contributed by atoms with E-state index in [1.807, 2.05) is 11.6 Å². The lowest BCUT2D eigenvalue weighted by molar-refractivity contribution is -0.659. The van der Waals surface area contributed by atoms with Crippen LogP contribution < -0.4 is 4.57 Å². The van der Waals surface area contributed by atoms with Crippen LogP contribution in [-0.2, 0) is 23.3 Å². The lowest BCUT2D eigenvalue weighted by Crippen LogP contribution is -2.31. The fourth-order valence-electron chi connectivity index (χ4n) is 4.20. The third kappa shape index (κ3) is 4.17. The molecule has 1 heterocycles. The van der Waals surface area contributed by atoms with Crippen molar-refractivity contribution in [3.8, 4) is 11.3 Å². The Kier molecular flexibility index (Phi) is 4.76. The van der Waals surface area contributed by atoms with E-state index in [1.54, 1.807) is 0 Å². The van der Waals surface area contributed by atoms with Crippen LogP contribution in [0.3, 0.4) is 0 Å². The minimum absolute atomic E-state index is 0.00698. The highest BCUT2D eigenvalue weighted by Gasteiger charge is 2.27. The average molecular weight is 405 g/mol. The molecule has 0 unspecified atom stereocenters. The lowest BCUT2D eigenvalue weighted by atomic mass is 9.76.